The van der Waals surface area contributed by atoms with E-state index in [1.54, 1.807) is 0 Å². The molecule has 7 aromatic rings. The van der Waals surface area contributed by atoms with E-state index in [4.69, 9.17) is 19.9 Å². The molecule has 1 aromatic heterocycles. The van der Waals surface area contributed by atoms with E-state index in [0.717, 1.165) is 50.7 Å². The number of hydrogen-bond acceptors (Lipinski definition) is 4. The Bertz CT molecular complexity index is 2030. The number of benzene rings is 6. The first-order valence-corrected chi connectivity index (χ1v) is 14.7. The SMILES string of the molecule is CC=Nc1c(CC)cccc1-c1ccc(-c2nc(-c3ccc4ccccc4c3)nc(-c3ccc4ccccc4c3)n2)cc1. The van der Waals surface area contributed by atoms with E-state index in [9.17, 15) is 0 Å². The van der Waals surface area contributed by atoms with Gasteiger partial charge in [-0.3, -0.25) is 4.99 Å². The number of fused-ring (bicyclic) bond motifs is 2. The summed E-state index contributed by atoms with van der Waals surface area (Å²) in [7, 11) is 0. The predicted octanol–water partition coefficient (Wildman–Crippen LogP) is 10.1. The molecule has 0 saturated heterocycles. The van der Waals surface area contributed by atoms with E-state index < -0.39 is 0 Å². The Morgan fingerprint density at radius 3 is 1.53 bits per heavy atom. The molecule has 0 aliphatic rings. The van der Waals surface area contributed by atoms with Gasteiger partial charge in [-0.2, -0.15) is 0 Å². The minimum Gasteiger partial charge on any atom is -0.261 e. The Labute approximate surface area is 251 Å². The van der Waals surface area contributed by atoms with Crippen LogP contribution in [-0.4, -0.2) is 21.2 Å². The van der Waals surface area contributed by atoms with Crippen LogP contribution in [0, 0.1) is 0 Å². The smallest absolute Gasteiger partial charge is 0.164 e. The molecule has 0 radical (unpaired) electrons. The molecular formula is C39H30N4. The van der Waals surface area contributed by atoms with Gasteiger partial charge >= 0.3 is 0 Å². The second kappa shape index (κ2) is 11.4. The van der Waals surface area contributed by atoms with Crippen LogP contribution in [0.4, 0.5) is 5.69 Å². The largest absolute Gasteiger partial charge is 0.261 e. The maximum Gasteiger partial charge on any atom is 0.164 e. The second-order valence-corrected chi connectivity index (χ2v) is 10.6. The van der Waals surface area contributed by atoms with Crippen LogP contribution in [0.2, 0.25) is 0 Å². The molecule has 0 bridgehead atoms. The number of aromatic nitrogens is 3. The summed E-state index contributed by atoms with van der Waals surface area (Å²) in [6.45, 7) is 4.12. The van der Waals surface area contributed by atoms with Crippen LogP contribution in [0.1, 0.15) is 19.4 Å². The van der Waals surface area contributed by atoms with Crippen LogP contribution in [0.3, 0.4) is 0 Å². The van der Waals surface area contributed by atoms with Gasteiger partial charge in [0.2, 0.25) is 0 Å². The van der Waals surface area contributed by atoms with Crippen molar-refractivity contribution < 1.29 is 0 Å². The number of aryl methyl sites for hydroxylation is 1. The molecule has 1 heterocycles. The summed E-state index contributed by atoms with van der Waals surface area (Å²) in [5, 5.41) is 4.67. The molecule has 7 rings (SSSR count). The van der Waals surface area contributed by atoms with Crippen molar-refractivity contribution in [2.75, 3.05) is 0 Å². The third kappa shape index (κ3) is 5.20. The maximum absolute atomic E-state index is 5.00. The fraction of sp³-hybridized carbons (Fsp3) is 0.0769. The van der Waals surface area contributed by atoms with Crippen molar-refractivity contribution in [3.63, 3.8) is 0 Å². The Morgan fingerprint density at radius 1 is 0.512 bits per heavy atom. The van der Waals surface area contributed by atoms with E-state index in [-0.39, 0.29) is 0 Å². The van der Waals surface area contributed by atoms with Crippen LogP contribution in [0.15, 0.2) is 132 Å². The van der Waals surface area contributed by atoms with Crippen molar-refractivity contribution in [1.82, 2.24) is 15.0 Å². The molecule has 0 aliphatic heterocycles. The van der Waals surface area contributed by atoms with Gasteiger partial charge in [-0.05, 0) is 58.1 Å². The minimum atomic E-state index is 0.641. The maximum atomic E-state index is 5.00. The van der Waals surface area contributed by atoms with Crippen molar-refractivity contribution >= 4 is 33.4 Å². The quantitative estimate of drug-likeness (QED) is 0.192. The number of para-hydroxylation sites is 1. The van der Waals surface area contributed by atoms with Crippen LogP contribution in [-0.2, 0) is 6.42 Å². The Balaban J connectivity index is 1.36. The van der Waals surface area contributed by atoms with Crippen molar-refractivity contribution in [2.24, 2.45) is 4.99 Å². The lowest BCUT2D eigenvalue weighted by Crippen LogP contribution is -2.00. The number of hydrogen-bond donors (Lipinski definition) is 0. The van der Waals surface area contributed by atoms with Crippen LogP contribution in [0.25, 0.3) is 66.8 Å². The zero-order chi connectivity index (χ0) is 29.2. The molecule has 4 nitrogen and oxygen atoms in total. The number of nitrogens with zero attached hydrogens (tertiary/aromatic N) is 4. The first-order chi connectivity index (χ1) is 21.2. The van der Waals surface area contributed by atoms with E-state index in [1.165, 1.54) is 16.3 Å². The van der Waals surface area contributed by atoms with Gasteiger partial charge in [0.15, 0.2) is 17.5 Å². The van der Waals surface area contributed by atoms with Crippen LogP contribution >= 0.6 is 0 Å². The molecule has 0 aliphatic carbocycles. The van der Waals surface area contributed by atoms with Crippen molar-refractivity contribution in [2.45, 2.75) is 20.3 Å². The van der Waals surface area contributed by atoms with Gasteiger partial charge in [0.25, 0.3) is 0 Å². The zero-order valence-corrected chi connectivity index (χ0v) is 24.2. The van der Waals surface area contributed by atoms with Gasteiger partial charge in [0.1, 0.15) is 0 Å². The average molecular weight is 555 g/mol. The molecule has 43 heavy (non-hydrogen) atoms. The van der Waals surface area contributed by atoms with Gasteiger partial charge in [0, 0.05) is 28.5 Å². The highest BCUT2D eigenvalue weighted by Crippen LogP contribution is 2.35. The lowest BCUT2D eigenvalue weighted by molar-refractivity contribution is 1.08. The Kier molecular flexibility index (Phi) is 7.02. The van der Waals surface area contributed by atoms with E-state index in [0.29, 0.717) is 17.5 Å². The number of aliphatic imine (C=N–C) groups is 1. The van der Waals surface area contributed by atoms with Gasteiger partial charge < -0.3 is 0 Å². The lowest BCUT2D eigenvalue weighted by Gasteiger charge is -2.12. The Morgan fingerprint density at radius 2 is 1.00 bits per heavy atom. The van der Waals surface area contributed by atoms with Crippen LogP contribution < -0.4 is 0 Å². The van der Waals surface area contributed by atoms with Crippen molar-refractivity contribution in [3.8, 4) is 45.3 Å². The normalized spacial score (nSPS) is 11.5. The molecule has 6 aromatic carbocycles. The molecule has 0 saturated carbocycles. The topological polar surface area (TPSA) is 51.0 Å². The summed E-state index contributed by atoms with van der Waals surface area (Å²) in [6.07, 6.45) is 2.79. The predicted molar refractivity (Wildman–Crippen MR) is 180 cm³/mol. The standard InChI is InChI=1S/C39H30N4/c1-3-26-14-9-15-35(36(26)40-4-2)29-18-20-30(21-19-29)37-41-38(33-22-16-27-10-5-7-12-31(27)24-33)43-39(42-37)34-23-17-28-11-6-8-13-32(28)25-34/h4-25H,3H2,1-2H3. The fourth-order valence-electron chi connectivity index (χ4n) is 5.61. The summed E-state index contributed by atoms with van der Waals surface area (Å²) in [4.78, 5) is 19.7. The van der Waals surface area contributed by atoms with Crippen LogP contribution in [0.5, 0.6) is 0 Å². The third-order valence-corrected chi connectivity index (χ3v) is 7.86. The zero-order valence-electron chi connectivity index (χ0n) is 24.2. The molecular weight excluding hydrogens is 524 g/mol. The van der Waals surface area contributed by atoms with Crippen molar-refractivity contribution in [3.05, 3.63) is 133 Å². The van der Waals surface area contributed by atoms with E-state index >= 15 is 0 Å². The molecule has 206 valence electrons. The van der Waals surface area contributed by atoms with Gasteiger partial charge in [-0.25, -0.2) is 15.0 Å². The lowest BCUT2D eigenvalue weighted by atomic mass is 9.98. The molecule has 0 amide bonds. The van der Waals surface area contributed by atoms with Gasteiger partial charge in [-0.1, -0.05) is 122 Å². The average Bonchev–Trinajstić information content (AvgIpc) is 3.08. The third-order valence-electron chi connectivity index (χ3n) is 7.86. The van der Waals surface area contributed by atoms with Crippen molar-refractivity contribution in [1.29, 1.82) is 0 Å². The summed E-state index contributed by atoms with van der Waals surface area (Å²) >= 11 is 0. The molecule has 0 unspecified atom stereocenters. The first-order valence-electron chi connectivity index (χ1n) is 14.7. The Hall–Kier alpha value is -5.48. The number of rotatable bonds is 6. The van der Waals surface area contributed by atoms with Gasteiger partial charge in [0.05, 0.1) is 5.69 Å². The molecule has 0 atom stereocenters. The summed E-state index contributed by atoms with van der Waals surface area (Å²) in [6, 6.07) is 44.3. The molecule has 0 N–H and O–H groups in total. The summed E-state index contributed by atoms with van der Waals surface area (Å²) in [5.74, 6) is 1.94. The summed E-state index contributed by atoms with van der Waals surface area (Å²) < 4.78 is 0. The molecule has 0 spiro atoms. The van der Waals surface area contributed by atoms with E-state index in [2.05, 4.69) is 134 Å². The minimum absolute atomic E-state index is 0.641. The molecule has 4 heteroatoms. The molecule has 0 fully saturated rings. The highest BCUT2D eigenvalue weighted by Gasteiger charge is 2.14. The first kappa shape index (κ1) is 26.4. The summed E-state index contributed by atoms with van der Waals surface area (Å²) in [5.41, 5.74) is 7.34. The second-order valence-electron chi connectivity index (χ2n) is 10.6. The fourth-order valence-corrected chi connectivity index (χ4v) is 5.61. The highest BCUT2D eigenvalue weighted by molar-refractivity contribution is 5.88. The highest BCUT2D eigenvalue weighted by atomic mass is 15.0. The van der Waals surface area contributed by atoms with Gasteiger partial charge in [-0.15, -0.1) is 0 Å². The van der Waals surface area contributed by atoms with E-state index in [1.807, 2.05) is 13.1 Å². The monoisotopic (exact) mass is 554 g/mol.